The lowest BCUT2D eigenvalue weighted by Crippen LogP contribution is -2.36. The molecule has 1 aliphatic heterocycles. The van der Waals surface area contributed by atoms with E-state index in [2.05, 4.69) is 5.32 Å². The van der Waals surface area contributed by atoms with E-state index < -0.39 is 11.9 Å². The molecule has 0 bridgehead atoms. The fourth-order valence-electron chi connectivity index (χ4n) is 5.14. The first-order chi connectivity index (χ1) is 17.8. The number of dihydropyridines is 1. The van der Waals surface area contributed by atoms with Crippen LogP contribution in [-0.2, 0) is 14.3 Å². The third kappa shape index (κ3) is 5.01. The molecule has 0 saturated heterocycles. The maximum absolute atomic E-state index is 13.8. The molecule has 196 valence electrons. The summed E-state index contributed by atoms with van der Waals surface area (Å²) in [6.45, 7) is 4.01. The highest BCUT2D eigenvalue weighted by Gasteiger charge is 2.41. The zero-order valence-electron chi connectivity index (χ0n) is 21.8. The highest BCUT2D eigenvalue weighted by Crippen LogP contribution is 2.47. The molecule has 2 N–H and O–H groups in total. The SMILES string of the molecule is CCCOC(=O)C1=C(C)NC2=C(C(=O)CC(c3ccc(OC)c(OC)c3)C2)C1c1ccc(OC)c(O)c1. The number of Topliss-reactive ketones (excluding diaryl/α,β-unsaturated/α-hetero) is 1. The van der Waals surface area contributed by atoms with E-state index in [0.717, 1.165) is 11.3 Å². The quantitative estimate of drug-likeness (QED) is 0.494. The van der Waals surface area contributed by atoms with E-state index in [1.54, 1.807) is 32.4 Å². The van der Waals surface area contributed by atoms with E-state index in [1.807, 2.05) is 32.0 Å². The number of carbonyl (C=O) groups excluding carboxylic acids is 2. The third-order valence-corrected chi connectivity index (χ3v) is 6.90. The number of hydrogen-bond donors (Lipinski definition) is 2. The average molecular weight is 508 g/mol. The number of ether oxygens (including phenoxy) is 4. The largest absolute Gasteiger partial charge is 0.504 e. The summed E-state index contributed by atoms with van der Waals surface area (Å²) >= 11 is 0. The molecule has 2 aromatic carbocycles. The van der Waals surface area contributed by atoms with Crippen LogP contribution in [0.4, 0.5) is 0 Å². The topological polar surface area (TPSA) is 103 Å². The van der Waals surface area contributed by atoms with Gasteiger partial charge >= 0.3 is 5.97 Å². The van der Waals surface area contributed by atoms with Crippen molar-refractivity contribution in [3.8, 4) is 23.0 Å². The molecular weight excluding hydrogens is 474 g/mol. The van der Waals surface area contributed by atoms with Crippen molar-refractivity contribution in [3.63, 3.8) is 0 Å². The van der Waals surface area contributed by atoms with Crippen LogP contribution in [0.1, 0.15) is 56.1 Å². The van der Waals surface area contributed by atoms with Gasteiger partial charge in [-0.1, -0.05) is 19.1 Å². The molecule has 0 radical (unpaired) electrons. The van der Waals surface area contributed by atoms with Crippen molar-refractivity contribution in [1.29, 1.82) is 0 Å². The zero-order valence-corrected chi connectivity index (χ0v) is 21.8. The first kappa shape index (κ1) is 26.1. The summed E-state index contributed by atoms with van der Waals surface area (Å²) in [5.74, 6) is 0.180. The molecule has 2 aromatic rings. The Morgan fingerprint density at radius 3 is 2.30 bits per heavy atom. The molecule has 0 aromatic heterocycles. The van der Waals surface area contributed by atoms with Gasteiger partial charge in [0.05, 0.1) is 33.5 Å². The molecule has 2 aliphatic rings. The lowest BCUT2D eigenvalue weighted by Gasteiger charge is -2.37. The smallest absolute Gasteiger partial charge is 0.336 e. The number of esters is 1. The third-order valence-electron chi connectivity index (χ3n) is 6.90. The number of phenolic OH excluding ortho intramolecular Hbond substituents is 1. The molecule has 8 heteroatoms. The number of aromatic hydroxyl groups is 1. The van der Waals surface area contributed by atoms with Gasteiger partial charge in [0.2, 0.25) is 0 Å². The number of methoxy groups -OCH3 is 3. The highest BCUT2D eigenvalue weighted by molar-refractivity contribution is 6.04. The summed E-state index contributed by atoms with van der Waals surface area (Å²) in [6, 6.07) is 10.6. The maximum atomic E-state index is 13.8. The van der Waals surface area contributed by atoms with Crippen molar-refractivity contribution in [2.24, 2.45) is 0 Å². The zero-order chi connectivity index (χ0) is 26.7. The van der Waals surface area contributed by atoms with Gasteiger partial charge in [-0.15, -0.1) is 0 Å². The number of benzene rings is 2. The molecule has 0 saturated carbocycles. The van der Waals surface area contributed by atoms with E-state index in [-0.39, 0.29) is 30.5 Å². The van der Waals surface area contributed by atoms with Gasteiger partial charge in [0.1, 0.15) is 0 Å². The molecule has 37 heavy (non-hydrogen) atoms. The van der Waals surface area contributed by atoms with Crippen LogP contribution in [0.15, 0.2) is 58.9 Å². The van der Waals surface area contributed by atoms with Crippen LogP contribution < -0.4 is 19.5 Å². The fraction of sp³-hybridized carbons (Fsp3) is 0.379. The summed E-state index contributed by atoms with van der Waals surface area (Å²) in [4.78, 5) is 26.9. The summed E-state index contributed by atoms with van der Waals surface area (Å²) in [7, 11) is 4.63. The van der Waals surface area contributed by atoms with Crippen molar-refractivity contribution in [2.45, 2.75) is 44.9 Å². The molecule has 0 spiro atoms. The van der Waals surface area contributed by atoms with Crippen LogP contribution in [-0.4, -0.2) is 44.8 Å². The molecule has 2 atom stereocenters. The molecule has 4 rings (SSSR count). The van der Waals surface area contributed by atoms with E-state index in [4.69, 9.17) is 18.9 Å². The minimum atomic E-state index is -0.670. The second kappa shape index (κ2) is 11.0. The minimum Gasteiger partial charge on any atom is -0.504 e. The Bertz CT molecular complexity index is 1280. The summed E-state index contributed by atoms with van der Waals surface area (Å²) in [6.07, 6.45) is 1.52. The Morgan fingerprint density at radius 1 is 0.973 bits per heavy atom. The molecular formula is C29H33NO7. The Balaban J connectivity index is 1.78. The number of allylic oxidation sites excluding steroid dienone is 3. The second-order valence-corrected chi connectivity index (χ2v) is 9.20. The lowest BCUT2D eigenvalue weighted by atomic mass is 9.71. The second-order valence-electron chi connectivity index (χ2n) is 9.20. The molecule has 1 heterocycles. The van der Waals surface area contributed by atoms with Gasteiger partial charge in [-0.2, -0.15) is 0 Å². The van der Waals surface area contributed by atoms with Crippen LogP contribution in [0.2, 0.25) is 0 Å². The lowest BCUT2D eigenvalue weighted by molar-refractivity contribution is -0.139. The molecule has 0 fully saturated rings. The highest BCUT2D eigenvalue weighted by atomic mass is 16.5. The van der Waals surface area contributed by atoms with Crippen molar-refractivity contribution in [3.05, 3.63) is 70.1 Å². The van der Waals surface area contributed by atoms with Crippen molar-refractivity contribution >= 4 is 11.8 Å². The molecule has 0 amide bonds. The van der Waals surface area contributed by atoms with Gasteiger partial charge in [0, 0.05) is 29.3 Å². The monoisotopic (exact) mass is 507 g/mol. The van der Waals surface area contributed by atoms with E-state index in [9.17, 15) is 14.7 Å². The van der Waals surface area contributed by atoms with Gasteiger partial charge in [-0.05, 0) is 61.1 Å². The van der Waals surface area contributed by atoms with Gasteiger partial charge < -0.3 is 29.4 Å². The Morgan fingerprint density at radius 2 is 1.65 bits per heavy atom. The van der Waals surface area contributed by atoms with Gasteiger partial charge in [-0.3, -0.25) is 4.79 Å². The summed E-state index contributed by atoms with van der Waals surface area (Å²) in [5.41, 5.74) is 3.87. The van der Waals surface area contributed by atoms with Crippen LogP contribution in [0, 0.1) is 0 Å². The minimum absolute atomic E-state index is 0.0638. The van der Waals surface area contributed by atoms with Gasteiger partial charge in [0.25, 0.3) is 0 Å². The van der Waals surface area contributed by atoms with Gasteiger partial charge in [-0.25, -0.2) is 4.79 Å². The average Bonchev–Trinajstić information content (AvgIpc) is 2.90. The number of hydrogen-bond acceptors (Lipinski definition) is 8. The number of rotatable bonds is 8. The van der Waals surface area contributed by atoms with Crippen molar-refractivity contribution in [2.75, 3.05) is 27.9 Å². The number of phenols is 1. The Labute approximate surface area is 216 Å². The first-order valence-corrected chi connectivity index (χ1v) is 12.3. The first-order valence-electron chi connectivity index (χ1n) is 12.3. The number of ketones is 1. The number of carbonyl (C=O) groups is 2. The number of nitrogens with one attached hydrogen (secondary N) is 1. The Kier molecular flexibility index (Phi) is 7.76. The van der Waals surface area contributed by atoms with Gasteiger partial charge in [0.15, 0.2) is 28.8 Å². The van der Waals surface area contributed by atoms with E-state index in [0.29, 0.717) is 52.5 Å². The predicted octanol–water partition coefficient (Wildman–Crippen LogP) is 4.73. The predicted molar refractivity (Wildman–Crippen MR) is 138 cm³/mol. The fourth-order valence-corrected chi connectivity index (χ4v) is 5.14. The van der Waals surface area contributed by atoms with Crippen molar-refractivity contribution in [1.82, 2.24) is 5.32 Å². The molecule has 2 unspecified atom stereocenters. The normalized spacial score (nSPS) is 19.2. The van der Waals surface area contributed by atoms with Crippen molar-refractivity contribution < 1.29 is 33.6 Å². The van der Waals surface area contributed by atoms with Crippen LogP contribution in [0.5, 0.6) is 23.0 Å². The van der Waals surface area contributed by atoms with Crippen LogP contribution in [0.3, 0.4) is 0 Å². The standard InChI is InChI=1S/C29H33NO7/c1-6-11-37-29(33)26-16(2)30-20-12-19(17-7-10-24(35-4)25(15-17)36-5)14-22(32)28(20)27(26)18-8-9-23(34-3)21(31)13-18/h7-10,13,15,19,27,30-31H,6,11-12,14H2,1-5H3. The Hall–Kier alpha value is -3.94. The van der Waals surface area contributed by atoms with E-state index >= 15 is 0 Å². The summed E-state index contributed by atoms with van der Waals surface area (Å²) < 4.78 is 21.5. The summed E-state index contributed by atoms with van der Waals surface area (Å²) in [5, 5.41) is 13.8. The molecule has 1 aliphatic carbocycles. The maximum Gasteiger partial charge on any atom is 0.336 e. The van der Waals surface area contributed by atoms with Crippen LogP contribution in [0.25, 0.3) is 0 Å². The molecule has 8 nitrogen and oxygen atoms in total. The van der Waals surface area contributed by atoms with Crippen LogP contribution >= 0.6 is 0 Å². The van der Waals surface area contributed by atoms with E-state index in [1.165, 1.54) is 7.11 Å².